The zero-order valence-electron chi connectivity index (χ0n) is 9.24. The van der Waals surface area contributed by atoms with Gasteiger partial charge in [0.1, 0.15) is 5.56 Å². The van der Waals surface area contributed by atoms with Gasteiger partial charge in [-0.3, -0.25) is 14.9 Å². The van der Waals surface area contributed by atoms with Gasteiger partial charge in [-0.05, 0) is 17.8 Å². The molecule has 4 nitrogen and oxygen atoms in total. The molecule has 0 aliphatic rings. The minimum atomic E-state index is -4.61. The molecule has 0 atom stereocenters. The van der Waals surface area contributed by atoms with Crippen LogP contribution in [0.4, 0.5) is 18.9 Å². The SMILES string of the molecule is O=C(CCBr)c1c(SC(F)(F)F)cccc1[N+](=O)[O-]. The third kappa shape index (κ3) is 4.50. The zero-order valence-corrected chi connectivity index (χ0v) is 11.6. The van der Waals surface area contributed by atoms with E-state index >= 15 is 0 Å². The summed E-state index contributed by atoms with van der Waals surface area (Å²) < 4.78 is 37.1. The van der Waals surface area contributed by atoms with Crippen LogP contribution in [0.25, 0.3) is 0 Å². The van der Waals surface area contributed by atoms with Crippen LogP contribution in [0.5, 0.6) is 0 Å². The summed E-state index contributed by atoms with van der Waals surface area (Å²) in [6, 6.07) is 3.19. The average Bonchev–Trinajstić information content (AvgIpc) is 2.26. The van der Waals surface area contributed by atoms with Crippen LogP contribution < -0.4 is 0 Å². The van der Waals surface area contributed by atoms with Crippen molar-refractivity contribution in [3.8, 4) is 0 Å². The molecular formula is C10H7BrF3NO3S. The van der Waals surface area contributed by atoms with E-state index in [0.29, 0.717) is 0 Å². The summed E-state index contributed by atoms with van der Waals surface area (Å²) in [5, 5.41) is 11.0. The molecule has 0 saturated heterocycles. The minimum absolute atomic E-state index is 0.115. The van der Waals surface area contributed by atoms with E-state index in [-0.39, 0.29) is 11.8 Å². The Bertz CT molecular complexity index is 507. The Balaban J connectivity index is 3.34. The van der Waals surface area contributed by atoms with Gasteiger partial charge in [0, 0.05) is 22.7 Å². The molecule has 0 fully saturated rings. The van der Waals surface area contributed by atoms with Crippen molar-refractivity contribution in [3.05, 3.63) is 33.9 Å². The highest BCUT2D eigenvalue weighted by atomic mass is 79.9. The fourth-order valence-electron chi connectivity index (χ4n) is 1.37. The number of hydrogen-bond donors (Lipinski definition) is 0. The van der Waals surface area contributed by atoms with Gasteiger partial charge in [0.05, 0.1) is 4.92 Å². The fourth-order valence-corrected chi connectivity index (χ4v) is 2.45. The number of benzene rings is 1. The number of carbonyl (C=O) groups excluding carboxylic acids is 1. The number of thioether (sulfide) groups is 1. The van der Waals surface area contributed by atoms with Gasteiger partial charge in [-0.15, -0.1) is 0 Å². The number of nitrogens with zero attached hydrogens (tertiary/aromatic N) is 1. The molecule has 0 spiro atoms. The standard InChI is InChI=1S/C10H7BrF3NO3S/c11-5-4-7(16)9-6(15(17)18)2-1-3-8(9)19-10(12,13)14/h1-3H,4-5H2. The van der Waals surface area contributed by atoms with Gasteiger partial charge in [0.2, 0.25) is 0 Å². The molecule has 0 heterocycles. The molecule has 1 aromatic carbocycles. The van der Waals surface area contributed by atoms with Gasteiger partial charge in [0.25, 0.3) is 5.69 Å². The third-order valence-corrected chi connectivity index (χ3v) is 3.22. The molecule has 0 amide bonds. The minimum Gasteiger partial charge on any atom is -0.294 e. The van der Waals surface area contributed by atoms with Crippen LogP contribution in [0.2, 0.25) is 0 Å². The number of ketones is 1. The first-order chi connectivity index (χ1) is 8.76. The van der Waals surface area contributed by atoms with Crippen LogP contribution in [-0.2, 0) is 0 Å². The number of hydrogen-bond acceptors (Lipinski definition) is 4. The Labute approximate surface area is 118 Å². The van der Waals surface area contributed by atoms with Gasteiger partial charge < -0.3 is 0 Å². The first-order valence-corrected chi connectivity index (χ1v) is 6.82. The maximum atomic E-state index is 12.4. The van der Waals surface area contributed by atoms with Gasteiger partial charge in [-0.2, -0.15) is 13.2 Å². The van der Waals surface area contributed by atoms with Crippen LogP contribution in [-0.4, -0.2) is 21.5 Å². The second-order valence-electron chi connectivity index (χ2n) is 3.32. The Morgan fingerprint density at radius 1 is 1.42 bits per heavy atom. The number of nitro benzene ring substituents is 1. The number of rotatable bonds is 5. The highest BCUT2D eigenvalue weighted by molar-refractivity contribution is 9.09. The lowest BCUT2D eigenvalue weighted by Gasteiger charge is -2.10. The molecule has 0 radical (unpaired) electrons. The number of carbonyl (C=O) groups is 1. The van der Waals surface area contributed by atoms with E-state index in [4.69, 9.17) is 0 Å². The van der Waals surface area contributed by atoms with Crippen LogP contribution in [0.3, 0.4) is 0 Å². The number of Topliss-reactive ketones (excluding diaryl/α,β-unsaturated/α-hetero) is 1. The molecule has 0 bridgehead atoms. The highest BCUT2D eigenvalue weighted by Crippen LogP contribution is 2.41. The maximum Gasteiger partial charge on any atom is 0.446 e. The van der Waals surface area contributed by atoms with Crippen LogP contribution in [0.1, 0.15) is 16.8 Å². The third-order valence-electron chi connectivity index (χ3n) is 2.03. The van der Waals surface area contributed by atoms with Crippen molar-refractivity contribution in [1.29, 1.82) is 0 Å². The lowest BCUT2D eigenvalue weighted by atomic mass is 10.1. The van der Waals surface area contributed by atoms with E-state index in [2.05, 4.69) is 15.9 Å². The van der Waals surface area contributed by atoms with Gasteiger partial charge in [-0.1, -0.05) is 22.0 Å². The lowest BCUT2D eigenvalue weighted by molar-refractivity contribution is -0.385. The van der Waals surface area contributed by atoms with E-state index < -0.39 is 44.1 Å². The Kier molecular flexibility index (Phi) is 5.36. The zero-order chi connectivity index (χ0) is 14.6. The Morgan fingerprint density at radius 3 is 2.53 bits per heavy atom. The molecule has 0 saturated carbocycles. The average molecular weight is 358 g/mol. The van der Waals surface area contributed by atoms with Crippen molar-refractivity contribution >= 4 is 39.2 Å². The van der Waals surface area contributed by atoms with Crippen molar-refractivity contribution in [1.82, 2.24) is 0 Å². The molecular weight excluding hydrogens is 351 g/mol. The van der Waals surface area contributed by atoms with Crippen molar-refractivity contribution in [3.63, 3.8) is 0 Å². The van der Waals surface area contributed by atoms with E-state index in [1.54, 1.807) is 0 Å². The predicted molar refractivity (Wildman–Crippen MR) is 67.7 cm³/mol. The van der Waals surface area contributed by atoms with E-state index in [9.17, 15) is 28.1 Å². The molecule has 1 aromatic rings. The largest absolute Gasteiger partial charge is 0.446 e. The second-order valence-corrected chi connectivity index (χ2v) is 5.22. The summed E-state index contributed by atoms with van der Waals surface area (Å²) in [5.41, 5.74) is -5.71. The van der Waals surface area contributed by atoms with Crippen LogP contribution in [0.15, 0.2) is 23.1 Å². The topological polar surface area (TPSA) is 60.2 Å². The second kappa shape index (κ2) is 6.38. The first kappa shape index (κ1) is 16.0. The van der Waals surface area contributed by atoms with Crippen LogP contribution in [0, 0.1) is 10.1 Å². The molecule has 19 heavy (non-hydrogen) atoms. The summed E-state index contributed by atoms with van der Waals surface area (Å²) >= 11 is 2.45. The smallest absolute Gasteiger partial charge is 0.294 e. The van der Waals surface area contributed by atoms with Gasteiger partial charge in [0.15, 0.2) is 5.78 Å². The molecule has 0 aliphatic carbocycles. The van der Waals surface area contributed by atoms with Gasteiger partial charge in [-0.25, -0.2) is 0 Å². The van der Waals surface area contributed by atoms with E-state index in [1.807, 2.05) is 0 Å². The Hall–Kier alpha value is -1.09. The predicted octanol–water partition coefficient (Wildman–Crippen LogP) is 4.17. The molecule has 0 aliphatic heterocycles. The van der Waals surface area contributed by atoms with Gasteiger partial charge >= 0.3 is 5.51 Å². The number of nitro groups is 1. The summed E-state index contributed by atoms with van der Waals surface area (Å²) in [6.07, 6.45) is -0.115. The van der Waals surface area contributed by atoms with E-state index in [0.717, 1.165) is 18.2 Å². The fraction of sp³-hybridized carbons (Fsp3) is 0.300. The van der Waals surface area contributed by atoms with Crippen molar-refractivity contribution in [2.45, 2.75) is 16.8 Å². The van der Waals surface area contributed by atoms with E-state index in [1.165, 1.54) is 0 Å². The first-order valence-electron chi connectivity index (χ1n) is 4.88. The number of alkyl halides is 4. The van der Waals surface area contributed by atoms with Crippen molar-refractivity contribution < 1.29 is 22.9 Å². The van der Waals surface area contributed by atoms with Crippen LogP contribution >= 0.6 is 27.7 Å². The maximum absolute atomic E-state index is 12.4. The summed E-state index contributed by atoms with van der Waals surface area (Å²) in [4.78, 5) is 21.3. The lowest BCUT2D eigenvalue weighted by Crippen LogP contribution is -2.09. The van der Waals surface area contributed by atoms with Crippen molar-refractivity contribution in [2.24, 2.45) is 0 Å². The molecule has 0 unspecified atom stereocenters. The molecule has 0 N–H and O–H groups in total. The Morgan fingerprint density at radius 2 is 2.05 bits per heavy atom. The molecule has 104 valence electrons. The monoisotopic (exact) mass is 357 g/mol. The molecule has 0 aromatic heterocycles. The summed E-state index contributed by atoms with van der Waals surface area (Å²) in [7, 11) is 0. The molecule has 9 heteroatoms. The van der Waals surface area contributed by atoms with Crippen molar-refractivity contribution in [2.75, 3.05) is 5.33 Å². The highest BCUT2D eigenvalue weighted by Gasteiger charge is 2.34. The molecule has 1 rings (SSSR count). The summed E-state index contributed by atoms with van der Waals surface area (Å²) in [6.45, 7) is 0. The number of halogens is 4. The summed E-state index contributed by atoms with van der Waals surface area (Å²) in [5.74, 6) is -0.698. The normalized spacial score (nSPS) is 11.4. The quantitative estimate of drug-likeness (QED) is 0.261.